The Morgan fingerprint density at radius 1 is 0.800 bits per heavy atom. The molecule has 7 heteroatoms. The summed E-state index contributed by atoms with van der Waals surface area (Å²) in [7, 11) is -3.55. The molecule has 0 saturated carbocycles. The number of hydrogen-bond acceptors (Lipinski definition) is 5. The molecule has 35 heavy (non-hydrogen) atoms. The van der Waals surface area contributed by atoms with Gasteiger partial charge in [0.1, 0.15) is 6.33 Å². The second-order valence-corrected chi connectivity index (χ2v) is 10.9. The fourth-order valence-electron chi connectivity index (χ4n) is 4.18. The predicted octanol–water partition coefficient (Wildman–Crippen LogP) is 6.60. The van der Waals surface area contributed by atoms with Crippen LogP contribution in [0.4, 0.5) is 0 Å². The van der Waals surface area contributed by atoms with E-state index in [2.05, 4.69) is 46.1 Å². The number of fused-ring (bicyclic) bond motifs is 1. The largest absolute Gasteiger partial charge is 0.256 e. The number of halogens is 1. The van der Waals surface area contributed by atoms with E-state index in [1.807, 2.05) is 31.2 Å². The van der Waals surface area contributed by atoms with Gasteiger partial charge in [-0.1, -0.05) is 41.9 Å². The van der Waals surface area contributed by atoms with Crippen molar-refractivity contribution in [3.05, 3.63) is 107 Å². The lowest BCUT2D eigenvalue weighted by Gasteiger charge is -2.12. The molecule has 2 aromatic heterocycles. The number of nitrogens with zero attached hydrogens (tertiary/aromatic N) is 3. The van der Waals surface area contributed by atoms with Crippen LogP contribution in [0, 0.1) is 13.8 Å². The van der Waals surface area contributed by atoms with E-state index in [-0.39, 0.29) is 10.6 Å². The zero-order valence-electron chi connectivity index (χ0n) is 19.2. The third-order valence-electron chi connectivity index (χ3n) is 6.05. The van der Waals surface area contributed by atoms with Crippen LogP contribution in [0.2, 0.25) is 5.02 Å². The van der Waals surface area contributed by atoms with Gasteiger partial charge in [-0.15, -0.1) is 0 Å². The van der Waals surface area contributed by atoms with Crippen molar-refractivity contribution in [3.8, 4) is 22.4 Å². The number of hydrogen-bond donors (Lipinski definition) is 0. The molecule has 2 heterocycles. The van der Waals surface area contributed by atoms with Crippen molar-refractivity contribution < 1.29 is 8.42 Å². The molecule has 0 spiro atoms. The van der Waals surface area contributed by atoms with Gasteiger partial charge in [-0.25, -0.2) is 18.4 Å². The molecule has 0 aliphatic heterocycles. The SMILES string of the molecule is Cc1cc(-c2ccc(-c3nccc4cc(S(=O)(=O)Cc5ccncn5)ccc34)c(C)c2)ccc1Cl. The van der Waals surface area contributed by atoms with Crippen molar-refractivity contribution in [1.82, 2.24) is 15.0 Å². The molecule has 5 aromatic rings. The standard InChI is InChI=1S/C28H22ClN3O2S/c1-18-13-20(21-4-8-27(29)19(2)14-21)3-6-25(18)28-26-7-5-24(15-22(26)9-12-31-28)35(33,34)16-23-10-11-30-17-32-23/h3-15,17H,16H2,1-2H3. The minimum atomic E-state index is -3.55. The highest BCUT2D eigenvalue weighted by molar-refractivity contribution is 7.90. The summed E-state index contributed by atoms with van der Waals surface area (Å²) in [5.74, 6) is -0.177. The molecule has 5 rings (SSSR count). The average molecular weight is 500 g/mol. The van der Waals surface area contributed by atoms with Gasteiger partial charge in [0.2, 0.25) is 0 Å². The molecule has 0 radical (unpaired) electrons. The first kappa shape index (κ1) is 23.1. The molecule has 0 amide bonds. The van der Waals surface area contributed by atoms with Gasteiger partial charge in [0.25, 0.3) is 0 Å². The topological polar surface area (TPSA) is 72.8 Å². The van der Waals surface area contributed by atoms with E-state index < -0.39 is 9.84 Å². The lowest BCUT2D eigenvalue weighted by Crippen LogP contribution is -2.06. The number of pyridine rings is 1. The van der Waals surface area contributed by atoms with E-state index in [1.54, 1.807) is 24.4 Å². The Bertz CT molecular complexity index is 1670. The maximum atomic E-state index is 13.0. The third-order valence-corrected chi connectivity index (χ3v) is 8.12. The maximum Gasteiger partial charge on any atom is 0.184 e. The minimum Gasteiger partial charge on any atom is -0.256 e. The van der Waals surface area contributed by atoms with Crippen molar-refractivity contribution in [2.75, 3.05) is 0 Å². The number of aryl methyl sites for hydroxylation is 2. The van der Waals surface area contributed by atoms with E-state index in [4.69, 9.17) is 11.6 Å². The number of aromatic nitrogens is 3. The van der Waals surface area contributed by atoms with Crippen LogP contribution in [0.5, 0.6) is 0 Å². The molecule has 0 N–H and O–H groups in total. The summed E-state index contributed by atoms with van der Waals surface area (Å²) < 4.78 is 26.0. The second kappa shape index (κ2) is 9.21. The summed E-state index contributed by atoms with van der Waals surface area (Å²) in [6.45, 7) is 4.05. The lowest BCUT2D eigenvalue weighted by molar-refractivity contribution is 0.594. The van der Waals surface area contributed by atoms with E-state index >= 15 is 0 Å². The van der Waals surface area contributed by atoms with Crippen molar-refractivity contribution in [2.45, 2.75) is 24.5 Å². The van der Waals surface area contributed by atoms with Gasteiger partial charge in [-0.3, -0.25) is 4.98 Å². The van der Waals surface area contributed by atoms with Crippen LogP contribution in [-0.4, -0.2) is 23.4 Å². The van der Waals surface area contributed by atoms with Gasteiger partial charge in [0, 0.05) is 28.4 Å². The summed E-state index contributed by atoms with van der Waals surface area (Å²) in [4.78, 5) is 12.8. The summed E-state index contributed by atoms with van der Waals surface area (Å²) in [6, 6.07) is 20.9. The van der Waals surface area contributed by atoms with Crippen LogP contribution in [0.3, 0.4) is 0 Å². The molecular weight excluding hydrogens is 478 g/mol. The Kier molecular flexibility index (Phi) is 6.09. The van der Waals surface area contributed by atoms with Crippen molar-refractivity contribution >= 4 is 32.2 Å². The predicted molar refractivity (Wildman–Crippen MR) is 140 cm³/mol. The van der Waals surface area contributed by atoms with E-state index in [0.717, 1.165) is 49.3 Å². The van der Waals surface area contributed by atoms with Gasteiger partial charge < -0.3 is 0 Å². The Labute approximate surface area is 209 Å². The summed E-state index contributed by atoms with van der Waals surface area (Å²) in [5.41, 5.74) is 6.60. The van der Waals surface area contributed by atoms with Crippen molar-refractivity contribution in [2.24, 2.45) is 0 Å². The molecule has 174 valence electrons. The Balaban J connectivity index is 1.52. The highest BCUT2D eigenvalue weighted by Gasteiger charge is 2.18. The molecule has 0 aliphatic carbocycles. The smallest absolute Gasteiger partial charge is 0.184 e. The maximum absolute atomic E-state index is 13.0. The first-order valence-corrected chi connectivity index (χ1v) is 13.1. The molecule has 0 atom stereocenters. The van der Waals surface area contributed by atoms with E-state index in [0.29, 0.717) is 5.69 Å². The van der Waals surface area contributed by atoms with Gasteiger partial charge >= 0.3 is 0 Å². The summed E-state index contributed by atoms with van der Waals surface area (Å²) >= 11 is 6.19. The van der Waals surface area contributed by atoms with Crippen LogP contribution in [-0.2, 0) is 15.6 Å². The molecule has 5 nitrogen and oxygen atoms in total. The quantitative estimate of drug-likeness (QED) is 0.272. The fraction of sp³-hybridized carbons (Fsp3) is 0.107. The molecule has 0 fully saturated rings. The van der Waals surface area contributed by atoms with Crippen molar-refractivity contribution in [1.29, 1.82) is 0 Å². The number of benzene rings is 3. The van der Waals surface area contributed by atoms with E-state index in [9.17, 15) is 8.42 Å². The molecule has 0 saturated heterocycles. The van der Waals surface area contributed by atoms with Crippen LogP contribution in [0.1, 0.15) is 16.8 Å². The molecule has 0 aliphatic rings. The van der Waals surface area contributed by atoms with Crippen molar-refractivity contribution in [3.63, 3.8) is 0 Å². The van der Waals surface area contributed by atoms with Crippen LogP contribution in [0.15, 0.2) is 90.3 Å². The zero-order chi connectivity index (χ0) is 24.6. The van der Waals surface area contributed by atoms with Gasteiger partial charge in [0.05, 0.1) is 22.0 Å². The Hall–Kier alpha value is -3.61. The Morgan fingerprint density at radius 3 is 2.29 bits per heavy atom. The van der Waals surface area contributed by atoms with Crippen LogP contribution in [0.25, 0.3) is 33.2 Å². The van der Waals surface area contributed by atoms with Gasteiger partial charge in [0.15, 0.2) is 9.84 Å². The highest BCUT2D eigenvalue weighted by Crippen LogP contribution is 2.33. The van der Waals surface area contributed by atoms with Gasteiger partial charge in [-0.05, 0) is 77.9 Å². The molecular formula is C28H22ClN3O2S. The van der Waals surface area contributed by atoms with Crippen LogP contribution >= 0.6 is 11.6 Å². The first-order chi connectivity index (χ1) is 16.8. The second-order valence-electron chi connectivity index (χ2n) is 8.50. The molecule has 0 bridgehead atoms. The minimum absolute atomic E-state index is 0.177. The summed E-state index contributed by atoms with van der Waals surface area (Å²) in [5, 5.41) is 2.46. The van der Waals surface area contributed by atoms with E-state index in [1.165, 1.54) is 12.5 Å². The fourth-order valence-corrected chi connectivity index (χ4v) is 5.61. The number of rotatable bonds is 5. The monoisotopic (exact) mass is 499 g/mol. The third kappa shape index (κ3) is 4.67. The van der Waals surface area contributed by atoms with Crippen LogP contribution < -0.4 is 0 Å². The summed E-state index contributed by atoms with van der Waals surface area (Å²) in [6.07, 6.45) is 4.61. The highest BCUT2D eigenvalue weighted by atomic mass is 35.5. The molecule has 0 unspecified atom stereocenters. The van der Waals surface area contributed by atoms with Gasteiger partial charge in [-0.2, -0.15) is 0 Å². The average Bonchev–Trinajstić information content (AvgIpc) is 2.85. The Morgan fingerprint density at radius 2 is 1.57 bits per heavy atom. The zero-order valence-corrected chi connectivity index (χ0v) is 20.8. The number of sulfone groups is 1. The molecule has 3 aromatic carbocycles. The first-order valence-electron chi connectivity index (χ1n) is 11.1. The normalized spacial score (nSPS) is 11.6. The lowest BCUT2D eigenvalue weighted by atomic mass is 9.95.